The van der Waals surface area contributed by atoms with E-state index in [0.717, 1.165) is 44.1 Å². The second kappa shape index (κ2) is 6.47. The highest BCUT2D eigenvalue weighted by Crippen LogP contribution is 2.05. The van der Waals surface area contributed by atoms with Gasteiger partial charge in [-0.1, -0.05) is 6.92 Å². The van der Waals surface area contributed by atoms with E-state index in [4.69, 9.17) is 0 Å². The van der Waals surface area contributed by atoms with E-state index in [1.54, 1.807) is 6.33 Å². The molecule has 0 fully saturated rings. The zero-order valence-corrected chi connectivity index (χ0v) is 12.0. The Morgan fingerprint density at radius 1 is 1.26 bits per heavy atom. The molecular weight excluding hydrogens is 240 g/mol. The number of hydrogen-bond acceptors (Lipinski definition) is 4. The Bertz CT molecular complexity index is 501. The SMILES string of the molecule is CCCn1cnnc1CN(C)Cc1ccn(CC)n1. The molecule has 19 heavy (non-hydrogen) atoms. The van der Waals surface area contributed by atoms with Gasteiger partial charge in [-0.15, -0.1) is 10.2 Å². The first-order chi connectivity index (χ1) is 9.22. The van der Waals surface area contributed by atoms with E-state index < -0.39 is 0 Å². The van der Waals surface area contributed by atoms with Crippen LogP contribution in [0.25, 0.3) is 0 Å². The summed E-state index contributed by atoms with van der Waals surface area (Å²) in [6.45, 7) is 7.75. The van der Waals surface area contributed by atoms with E-state index >= 15 is 0 Å². The molecule has 0 bridgehead atoms. The first-order valence-electron chi connectivity index (χ1n) is 6.80. The van der Waals surface area contributed by atoms with E-state index in [2.05, 4.69) is 51.7 Å². The molecule has 0 aliphatic rings. The average Bonchev–Trinajstić information content (AvgIpc) is 3.00. The number of rotatable bonds is 7. The van der Waals surface area contributed by atoms with Gasteiger partial charge in [0.2, 0.25) is 0 Å². The molecule has 0 atom stereocenters. The molecule has 6 heteroatoms. The monoisotopic (exact) mass is 262 g/mol. The summed E-state index contributed by atoms with van der Waals surface area (Å²) in [5, 5.41) is 12.7. The summed E-state index contributed by atoms with van der Waals surface area (Å²) >= 11 is 0. The van der Waals surface area contributed by atoms with Gasteiger partial charge in [-0.05, 0) is 26.5 Å². The van der Waals surface area contributed by atoms with Gasteiger partial charge in [-0.2, -0.15) is 5.10 Å². The standard InChI is InChI=1S/C13H22N6/c1-4-7-18-11-14-15-13(18)10-17(3)9-12-6-8-19(5-2)16-12/h6,8,11H,4-5,7,9-10H2,1-3H3. The van der Waals surface area contributed by atoms with E-state index in [0.29, 0.717) is 0 Å². The Kier molecular flexibility index (Phi) is 4.68. The Morgan fingerprint density at radius 2 is 2.11 bits per heavy atom. The summed E-state index contributed by atoms with van der Waals surface area (Å²) in [7, 11) is 2.08. The summed E-state index contributed by atoms with van der Waals surface area (Å²) in [6, 6.07) is 2.07. The molecule has 0 saturated heterocycles. The average molecular weight is 262 g/mol. The van der Waals surface area contributed by atoms with Crippen LogP contribution < -0.4 is 0 Å². The molecule has 0 aliphatic heterocycles. The maximum Gasteiger partial charge on any atom is 0.147 e. The highest BCUT2D eigenvalue weighted by Gasteiger charge is 2.09. The first kappa shape index (κ1) is 13.7. The van der Waals surface area contributed by atoms with Crippen LogP contribution >= 0.6 is 0 Å². The van der Waals surface area contributed by atoms with Crippen LogP contribution in [0.4, 0.5) is 0 Å². The molecule has 0 spiro atoms. The van der Waals surface area contributed by atoms with Crippen molar-refractivity contribution in [3.05, 3.63) is 30.1 Å². The summed E-state index contributed by atoms with van der Waals surface area (Å²) in [5.41, 5.74) is 1.09. The number of aromatic nitrogens is 5. The van der Waals surface area contributed by atoms with Crippen molar-refractivity contribution >= 4 is 0 Å². The van der Waals surface area contributed by atoms with E-state index in [1.165, 1.54) is 0 Å². The van der Waals surface area contributed by atoms with Crippen molar-refractivity contribution in [2.75, 3.05) is 7.05 Å². The minimum atomic E-state index is 0.791. The second-order valence-corrected chi connectivity index (χ2v) is 4.78. The molecule has 2 aromatic heterocycles. The van der Waals surface area contributed by atoms with Crippen molar-refractivity contribution < 1.29 is 0 Å². The summed E-state index contributed by atoms with van der Waals surface area (Å²) in [4.78, 5) is 2.21. The second-order valence-electron chi connectivity index (χ2n) is 4.78. The third-order valence-corrected chi connectivity index (χ3v) is 3.02. The Labute approximate surface area is 114 Å². The minimum Gasteiger partial charge on any atom is -0.317 e. The van der Waals surface area contributed by atoms with Crippen LogP contribution in [0.2, 0.25) is 0 Å². The summed E-state index contributed by atoms with van der Waals surface area (Å²) < 4.78 is 4.06. The van der Waals surface area contributed by atoms with Crippen molar-refractivity contribution in [2.24, 2.45) is 0 Å². The van der Waals surface area contributed by atoms with E-state index in [-0.39, 0.29) is 0 Å². The fourth-order valence-electron chi connectivity index (χ4n) is 2.07. The van der Waals surface area contributed by atoms with Crippen LogP contribution in [0.3, 0.4) is 0 Å². The van der Waals surface area contributed by atoms with Gasteiger partial charge < -0.3 is 4.57 Å². The van der Waals surface area contributed by atoms with Crippen molar-refractivity contribution in [3.63, 3.8) is 0 Å². The van der Waals surface area contributed by atoms with Gasteiger partial charge in [-0.3, -0.25) is 9.58 Å². The Balaban J connectivity index is 1.93. The molecule has 2 heterocycles. The number of nitrogens with zero attached hydrogens (tertiary/aromatic N) is 6. The normalized spacial score (nSPS) is 11.4. The quantitative estimate of drug-likeness (QED) is 0.759. The lowest BCUT2D eigenvalue weighted by Crippen LogP contribution is -2.20. The predicted octanol–water partition coefficient (Wildman–Crippen LogP) is 1.54. The molecule has 2 rings (SSSR count). The molecular formula is C13H22N6. The fraction of sp³-hybridized carbons (Fsp3) is 0.615. The van der Waals surface area contributed by atoms with Crippen LogP contribution in [-0.2, 0) is 26.2 Å². The van der Waals surface area contributed by atoms with Gasteiger partial charge in [-0.25, -0.2) is 0 Å². The third-order valence-electron chi connectivity index (χ3n) is 3.02. The number of aryl methyl sites for hydroxylation is 2. The van der Waals surface area contributed by atoms with Gasteiger partial charge in [0.25, 0.3) is 0 Å². The maximum atomic E-state index is 4.49. The molecule has 0 saturated carbocycles. The molecule has 6 nitrogen and oxygen atoms in total. The van der Waals surface area contributed by atoms with E-state index in [9.17, 15) is 0 Å². The Morgan fingerprint density at radius 3 is 2.79 bits per heavy atom. The molecule has 0 N–H and O–H groups in total. The Hall–Kier alpha value is -1.69. The lowest BCUT2D eigenvalue weighted by molar-refractivity contribution is 0.299. The van der Waals surface area contributed by atoms with Gasteiger partial charge in [0.05, 0.1) is 12.2 Å². The smallest absolute Gasteiger partial charge is 0.147 e. The summed E-state index contributed by atoms with van der Waals surface area (Å²) in [6.07, 6.45) is 4.91. The van der Waals surface area contributed by atoms with Gasteiger partial charge >= 0.3 is 0 Å². The van der Waals surface area contributed by atoms with Crippen LogP contribution in [-0.4, -0.2) is 36.5 Å². The van der Waals surface area contributed by atoms with Crippen molar-refractivity contribution in [2.45, 2.75) is 46.4 Å². The zero-order chi connectivity index (χ0) is 13.7. The minimum absolute atomic E-state index is 0.791. The lowest BCUT2D eigenvalue weighted by atomic mass is 10.4. The molecule has 2 aromatic rings. The van der Waals surface area contributed by atoms with Crippen molar-refractivity contribution in [3.8, 4) is 0 Å². The van der Waals surface area contributed by atoms with Gasteiger partial charge in [0, 0.05) is 25.8 Å². The van der Waals surface area contributed by atoms with Crippen LogP contribution in [0.1, 0.15) is 31.8 Å². The number of hydrogen-bond donors (Lipinski definition) is 0. The predicted molar refractivity (Wildman–Crippen MR) is 73.4 cm³/mol. The molecule has 0 aliphatic carbocycles. The highest BCUT2D eigenvalue weighted by atomic mass is 15.3. The molecule has 0 radical (unpaired) electrons. The fourth-order valence-corrected chi connectivity index (χ4v) is 2.07. The molecule has 0 unspecified atom stereocenters. The van der Waals surface area contributed by atoms with Crippen LogP contribution in [0.15, 0.2) is 18.6 Å². The largest absolute Gasteiger partial charge is 0.317 e. The zero-order valence-electron chi connectivity index (χ0n) is 12.0. The highest BCUT2D eigenvalue weighted by molar-refractivity contribution is 4.99. The molecule has 0 aromatic carbocycles. The van der Waals surface area contributed by atoms with Gasteiger partial charge in [0.1, 0.15) is 12.2 Å². The van der Waals surface area contributed by atoms with Crippen LogP contribution in [0, 0.1) is 0 Å². The molecule has 104 valence electrons. The van der Waals surface area contributed by atoms with E-state index in [1.807, 2.05) is 10.9 Å². The third kappa shape index (κ3) is 3.64. The van der Waals surface area contributed by atoms with Gasteiger partial charge in [0.15, 0.2) is 0 Å². The maximum absolute atomic E-state index is 4.49. The summed E-state index contributed by atoms with van der Waals surface area (Å²) in [5.74, 6) is 1.01. The lowest BCUT2D eigenvalue weighted by Gasteiger charge is -2.15. The topological polar surface area (TPSA) is 51.8 Å². The van der Waals surface area contributed by atoms with Crippen molar-refractivity contribution in [1.82, 2.24) is 29.4 Å². The van der Waals surface area contributed by atoms with Crippen LogP contribution in [0.5, 0.6) is 0 Å². The first-order valence-corrected chi connectivity index (χ1v) is 6.80. The molecule has 0 amide bonds. The van der Waals surface area contributed by atoms with Crippen molar-refractivity contribution in [1.29, 1.82) is 0 Å².